The summed E-state index contributed by atoms with van der Waals surface area (Å²) in [5, 5.41) is 14.5. The van der Waals surface area contributed by atoms with Crippen LogP contribution in [0.5, 0.6) is 0 Å². The first kappa shape index (κ1) is 23.5. The highest BCUT2D eigenvalue weighted by Crippen LogP contribution is 2.39. The summed E-state index contributed by atoms with van der Waals surface area (Å²) in [6, 6.07) is 18.9. The molecular weight excluding hydrogens is 458 g/mol. The molecule has 0 amide bonds. The number of cyclic esters (lactones) is 2. The molecule has 1 aliphatic heterocycles. The van der Waals surface area contributed by atoms with Gasteiger partial charge >= 0.3 is 11.9 Å². The summed E-state index contributed by atoms with van der Waals surface area (Å²) in [5.74, 6) is -4.86. The Morgan fingerprint density at radius 1 is 1.03 bits per heavy atom. The van der Waals surface area contributed by atoms with Crippen LogP contribution in [0, 0.1) is 25.0 Å². The second-order valence-electron chi connectivity index (χ2n) is 9.55. The predicted molar refractivity (Wildman–Crippen MR) is 132 cm³/mol. The van der Waals surface area contributed by atoms with Crippen molar-refractivity contribution in [2.45, 2.75) is 45.9 Å². The number of fused-ring (bicyclic) bond motifs is 1. The van der Waals surface area contributed by atoms with Gasteiger partial charge in [-0.15, -0.1) is 0 Å². The van der Waals surface area contributed by atoms with Crippen molar-refractivity contribution >= 4 is 22.8 Å². The molecule has 0 bridgehead atoms. The monoisotopic (exact) mass is 485 g/mol. The van der Waals surface area contributed by atoms with Gasteiger partial charge in [0.25, 0.3) is 11.6 Å². The molecule has 0 radical (unpaired) electrons. The fourth-order valence-electron chi connectivity index (χ4n) is 4.83. The van der Waals surface area contributed by atoms with E-state index in [9.17, 15) is 14.8 Å². The van der Waals surface area contributed by atoms with Crippen LogP contribution in [0.4, 0.5) is 0 Å². The highest BCUT2D eigenvalue weighted by atomic mass is 16.7. The molecule has 0 N–H and O–H groups in total. The Morgan fingerprint density at radius 3 is 2.42 bits per heavy atom. The minimum atomic E-state index is -1.38. The molecule has 8 nitrogen and oxygen atoms in total. The van der Waals surface area contributed by atoms with Gasteiger partial charge in [-0.1, -0.05) is 42.5 Å². The molecule has 1 saturated heterocycles. The Bertz CT molecular complexity index is 1460. The molecule has 184 valence electrons. The number of esters is 2. The van der Waals surface area contributed by atoms with E-state index in [2.05, 4.69) is 4.98 Å². The van der Waals surface area contributed by atoms with Crippen molar-refractivity contribution < 1.29 is 23.8 Å². The van der Waals surface area contributed by atoms with Crippen LogP contribution in [-0.4, -0.2) is 27.3 Å². The summed E-state index contributed by atoms with van der Waals surface area (Å²) < 4.78 is 13.7. The molecular formula is C28H27N3O5. The first-order valence-electron chi connectivity index (χ1n) is 11.8. The van der Waals surface area contributed by atoms with E-state index in [4.69, 9.17) is 9.47 Å². The fourth-order valence-corrected chi connectivity index (χ4v) is 4.83. The van der Waals surface area contributed by atoms with Crippen LogP contribution in [0.2, 0.25) is 0 Å². The van der Waals surface area contributed by atoms with E-state index in [0.717, 1.165) is 26.9 Å². The molecule has 2 aromatic carbocycles. The molecule has 0 unspecified atom stereocenters. The zero-order valence-electron chi connectivity index (χ0n) is 20.6. The Balaban J connectivity index is 1.74. The maximum atomic E-state index is 13.6. The lowest BCUT2D eigenvalue weighted by molar-refractivity contribution is -0.621. The van der Waals surface area contributed by atoms with Crippen LogP contribution in [0.1, 0.15) is 48.1 Å². The summed E-state index contributed by atoms with van der Waals surface area (Å²) in [4.78, 5) is 30.9. The second kappa shape index (κ2) is 8.78. The molecule has 0 aliphatic carbocycles. The summed E-state index contributed by atoms with van der Waals surface area (Å²) >= 11 is 0. The number of ether oxygens (including phenoxy) is 2. The second-order valence-corrected chi connectivity index (χ2v) is 9.55. The van der Waals surface area contributed by atoms with E-state index in [1.165, 1.54) is 13.8 Å². The van der Waals surface area contributed by atoms with Crippen molar-refractivity contribution in [2.75, 3.05) is 0 Å². The van der Waals surface area contributed by atoms with Crippen molar-refractivity contribution in [3.8, 4) is 0 Å². The van der Waals surface area contributed by atoms with Gasteiger partial charge in [0.05, 0.1) is 5.52 Å². The number of imidazole rings is 1. The number of pyridine rings is 1. The van der Waals surface area contributed by atoms with Crippen LogP contribution in [0.3, 0.4) is 0 Å². The highest BCUT2D eigenvalue weighted by Gasteiger charge is 2.52. The van der Waals surface area contributed by atoms with Crippen molar-refractivity contribution in [3.05, 3.63) is 100 Å². The number of nitrogens with zero attached hydrogens (tertiary/aromatic N) is 3. The zero-order chi connectivity index (χ0) is 25.6. The van der Waals surface area contributed by atoms with Crippen LogP contribution in [0.15, 0.2) is 66.9 Å². The maximum absolute atomic E-state index is 13.6. The van der Waals surface area contributed by atoms with Gasteiger partial charge in [0.1, 0.15) is 23.9 Å². The molecule has 36 heavy (non-hydrogen) atoms. The number of rotatable bonds is 5. The average molecular weight is 486 g/mol. The Kier molecular flexibility index (Phi) is 5.74. The molecule has 5 rings (SSSR count). The number of aromatic nitrogens is 3. The average Bonchev–Trinajstić information content (AvgIpc) is 3.04. The van der Waals surface area contributed by atoms with Gasteiger partial charge in [0.2, 0.25) is 0 Å². The van der Waals surface area contributed by atoms with Crippen molar-refractivity contribution in [3.63, 3.8) is 0 Å². The van der Waals surface area contributed by atoms with Crippen LogP contribution in [0.25, 0.3) is 10.9 Å². The van der Waals surface area contributed by atoms with Crippen LogP contribution in [-0.2, 0) is 25.6 Å². The summed E-state index contributed by atoms with van der Waals surface area (Å²) in [6.07, 6.45) is 1.70. The van der Waals surface area contributed by atoms with Gasteiger partial charge in [-0.3, -0.25) is 14.6 Å². The lowest BCUT2D eigenvalue weighted by Crippen LogP contribution is -2.50. The Labute approximate surface area is 208 Å². The molecule has 3 heterocycles. The fraction of sp³-hybridized carbons (Fsp3) is 0.286. The minimum Gasteiger partial charge on any atom is -0.711 e. The topological polar surface area (TPSA) is 97.4 Å². The normalized spacial score (nSPS) is 16.6. The summed E-state index contributed by atoms with van der Waals surface area (Å²) in [6.45, 7) is 7.01. The summed E-state index contributed by atoms with van der Waals surface area (Å²) in [7, 11) is 0. The largest absolute Gasteiger partial charge is 0.711 e. The van der Waals surface area contributed by atoms with E-state index in [1.54, 1.807) is 19.2 Å². The third kappa shape index (κ3) is 4.08. The minimum absolute atomic E-state index is 0.274. The molecule has 1 atom stereocenters. The molecule has 4 aromatic rings. The number of hydrogen-bond acceptors (Lipinski definition) is 6. The molecule has 1 fully saturated rings. The van der Waals surface area contributed by atoms with Gasteiger partial charge in [-0.05, 0) is 29.3 Å². The van der Waals surface area contributed by atoms with Gasteiger partial charge in [-0.2, -0.15) is 0 Å². The van der Waals surface area contributed by atoms with Gasteiger partial charge in [0, 0.05) is 39.3 Å². The van der Waals surface area contributed by atoms with Gasteiger partial charge in [0.15, 0.2) is 5.92 Å². The third-order valence-corrected chi connectivity index (χ3v) is 6.70. The van der Waals surface area contributed by atoms with E-state index in [1.807, 2.05) is 66.1 Å². The molecule has 0 spiro atoms. The van der Waals surface area contributed by atoms with E-state index >= 15 is 0 Å². The SMILES string of the molecule is Cc1c(C)[n+]([O-])c([C@H](c2ccc3ncccc3c2)C2C(=O)OC(C)(C)OC2=O)n1Cc1ccccc1. The number of carbonyl (C=O) groups is 2. The number of benzene rings is 2. The Hall–Kier alpha value is -4.20. The smallest absolute Gasteiger partial charge is 0.324 e. The molecule has 1 aliphatic rings. The van der Waals surface area contributed by atoms with Crippen LogP contribution >= 0.6 is 0 Å². The number of hydrogen-bond donors (Lipinski definition) is 0. The maximum Gasteiger partial charge on any atom is 0.324 e. The first-order valence-corrected chi connectivity index (χ1v) is 11.8. The molecule has 2 aromatic heterocycles. The van der Waals surface area contributed by atoms with Gasteiger partial charge < -0.3 is 14.7 Å². The quantitative estimate of drug-likeness (QED) is 0.184. The lowest BCUT2D eigenvalue weighted by Gasteiger charge is -2.35. The van der Waals surface area contributed by atoms with Crippen molar-refractivity contribution in [1.82, 2.24) is 9.55 Å². The predicted octanol–water partition coefficient (Wildman–Crippen LogP) is 3.92. The molecule has 8 heteroatoms. The van der Waals surface area contributed by atoms with Gasteiger partial charge in [-0.25, -0.2) is 9.30 Å². The van der Waals surface area contributed by atoms with Crippen LogP contribution < -0.4 is 4.73 Å². The standard InChI is InChI=1S/C28H27N3O5/c1-17-18(2)31(34)25(30(17)16-19-9-6-5-7-10-19)23(24-26(32)35-28(3,4)36-27(24)33)21-12-13-22-20(15-21)11-8-14-29-22/h5-15,23-24H,16H2,1-4H3/t23-/m1/s1. The van der Waals surface area contributed by atoms with E-state index in [0.29, 0.717) is 17.8 Å². The van der Waals surface area contributed by atoms with Crippen molar-refractivity contribution in [2.24, 2.45) is 5.92 Å². The summed E-state index contributed by atoms with van der Waals surface area (Å²) in [5.41, 5.74) is 3.59. The zero-order valence-corrected chi connectivity index (χ0v) is 20.6. The van der Waals surface area contributed by atoms with E-state index in [-0.39, 0.29) is 5.82 Å². The number of carbonyl (C=O) groups excluding carboxylic acids is 2. The van der Waals surface area contributed by atoms with Crippen molar-refractivity contribution in [1.29, 1.82) is 0 Å². The highest BCUT2D eigenvalue weighted by molar-refractivity contribution is 5.98. The lowest BCUT2D eigenvalue weighted by atomic mass is 9.83. The van der Waals surface area contributed by atoms with E-state index < -0.39 is 29.6 Å². The third-order valence-electron chi connectivity index (χ3n) is 6.70. The first-order chi connectivity index (χ1) is 17.2. The molecule has 0 saturated carbocycles. The Morgan fingerprint density at radius 2 is 1.72 bits per heavy atom.